The van der Waals surface area contributed by atoms with Crippen molar-refractivity contribution in [1.29, 1.82) is 0 Å². The number of thiazole rings is 1. The first kappa shape index (κ1) is 20.9. The van der Waals surface area contributed by atoms with E-state index >= 15 is 0 Å². The Kier molecular flexibility index (Phi) is 6.15. The molecule has 3 heterocycles. The summed E-state index contributed by atoms with van der Waals surface area (Å²) >= 11 is 7.94. The van der Waals surface area contributed by atoms with E-state index in [-0.39, 0.29) is 5.56 Å². The van der Waals surface area contributed by atoms with Crippen LogP contribution in [-0.4, -0.2) is 32.3 Å². The molecular formula is C20H28ClN5OS. The molecule has 3 rings (SSSR count). The van der Waals surface area contributed by atoms with Gasteiger partial charge in [-0.3, -0.25) is 9.36 Å². The zero-order valence-corrected chi connectivity index (χ0v) is 19.0. The summed E-state index contributed by atoms with van der Waals surface area (Å²) in [5.41, 5.74) is 2.66. The maximum Gasteiger partial charge on any atom is 0.278 e. The normalized spacial score (nSPS) is 11.7. The molecule has 8 heteroatoms. The van der Waals surface area contributed by atoms with Crippen molar-refractivity contribution in [3.8, 4) is 10.7 Å². The summed E-state index contributed by atoms with van der Waals surface area (Å²) in [6, 6.07) is 2.10. The van der Waals surface area contributed by atoms with Gasteiger partial charge in [0.1, 0.15) is 10.4 Å². The predicted octanol–water partition coefficient (Wildman–Crippen LogP) is 4.87. The molecule has 0 amide bonds. The van der Waals surface area contributed by atoms with Gasteiger partial charge in [-0.25, -0.2) is 9.50 Å². The number of halogens is 1. The standard InChI is InChI=1S/C20H28ClN5OS/c1-7-13(8-2)14-11-12(5)26-15(14)19(27)24(6)18(23-26)16-17(21)22-20(28-16)25(9-3)10-4/h11,13H,7-10H2,1-6H3. The van der Waals surface area contributed by atoms with E-state index in [2.05, 4.69) is 43.6 Å². The lowest BCUT2D eigenvalue weighted by atomic mass is 9.95. The molecule has 0 aliphatic heterocycles. The minimum Gasteiger partial charge on any atom is -0.349 e. The van der Waals surface area contributed by atoms with E-state index < -0.39 is 0 Å². The zero-order valence-electron chi connectivity index (χ0n) is 17.4. The third kappa shape index (κ3) is 3.35. The predicted molar refractivity (Wildman–Crippen MR) is 118 cm³/mol. The van der Waals surface area contributed by atoms with Crippen molar-refractivity contribution in [2.45, 2.75) is 53.4 Å². The maximum absolute atomic E-state index is 13.3. The molecule has 0 aliphatic rings. The van der Waals surface area contributed by atoms with Gasteiger partial charge in [0, 0.05) is 25.8 Å². The molecule has 0 radical (unpaired) electrons. The van der Waals surface area contributed by atoms with Gasteiger partial charge < -0.3 is 4.90 Å². The van der Waals surface area contributed by atoms with E-state index in [9.17, 15) is 4.79 Å². The van der Waals surface area contributed by atoms with E-state index in [4.69, 9.17) is 16.7 Å². The molecule has 0 saturated heterocycles. The first-order valence-electron chi connectivity index (χ1n) is 9.88. The van der Waals surface area contributed by atoms with Crippen LogP contribution in [0.3, 0.4) is 0 Å². The molecule has 3 aromatic rings. The van der Waals surface area contributed by atoms with Crippen molar-refractivity contribution in [2.24, 2.45) is 7.05 Å². The van der Waals surface area contributed by atoms with Crippen molar-refractivity contribution in [3.63, 3.8) is 0 Å². The minimum atomic E-state index is -0.0474. The van der Waals surface area contributed by atoms with Gasteiger partial charge in [0.25, 0.3) is 5.56 Å². The van der Waals surface area contributed by atoms with Crippen LogP contribution in [0.5, 0.6) is 0 Å². The average molecular weight is 422 g/mol. The summed E-state index contributed by atoms with van der Waals surface area (Å²) in [6.45, 7) is 12.2. The maximum atomic E-state index is 13.3. The number of rotatable bonds is 7. The largest absolute Gasteiger partial charge is 0.349 e. The molecule has 0 atom stereocenters. The number of hydrogen-bond donors (Lipinski definition) is 0. The van der Waals surface area contributed by atoms with Gasteiger partial charge in [-0.2, -0.15) is 0 Å². The summed E-state index contributed by atoms with van der Waals surface area (Å²) in [5, 5.41) is 6.05. The van der Waals surface area contributed by atoms with Crippen LogP contribution in [0.4, 0.5) is 5.13 Å². The van der Waals surface area contributed by atoms with E-state index in [1.54, 1.807) is 16.1 Å². The topological polar surface area (TPSA) is 55.4 Å². The monoisotopic (exact) mass is 421 g/mol. The highest BCUT2D eigenvalue weighted by molar-refractivity contribution is 7.19. The van der Waals surface area contributed by atoms with Gasteiger partial charge in [0.15, 0.2) is 16.1 Å². The Labute approximate surface area is 174 Å². The van der Waals surface area contributed by atoms with E-state index in [1.807, 2.05) is 6.92 Å². The average Bonchev–Trinajstić information content (AvgIpc) is 3.21. The molecule has 0 bridgehead atoms. The molecule has 0 fully saturated rings. The summed E-state index contributed by atoms with van der Waals surface area (Å²) < 4.78 is 3.38. The molecule has 0 aliphatic carbocycles. The molecule has 0 aromatic carbocycles. The second-order valence-electron chi connectivity index (χ2n) is 6.99. The van der Waals surface area contributed by atoms with Gasteiger partial charge in [-0.05, 0) is 51.2 Å². The van der Waals surface area contributed by atoms with Gasteiger partial charge in [0.05, 0.1) is 0 Å². The van der Waals surface area contributed by atoms with Crippen LogP contribution in [-0.2, 0) is 7.05 Å². The third-order valence-electron chi connectivity index (χ3n) is 5.44. The van der Waals surface area contributed by atoms with Crippen LogP contribution in [0.2, 0.25) is 5.15 Å². The fraction of sp³-hybridized carbons (Fsp3) is 0.550. The SMILES string of the molecule is CCC(CC)c1cc(C)n2nc(-c3sc(N(CC)CC)nc3Cl)n(C)c(=O)c12. The lowest BCUT2D eigenvalue weighted by Gasteiger charge is -2.16. The number of aryl methyl sites for hydroxylation is 1. The second-order valence-corrected chi connectivity index (χ2v) is 8.33. The van der Waals surface area contributed by atoms with Gasteiger partial charge in [-0.15, -0.1) is 5.10 Å². The van der Waals surface area contributed by atoms with Crippen LogP contribution in [0, 0.1) is 6.92 Å². The third-order valence-corrected chi connectivity index (χ3v) is 6.94. The molecule has 0 N–H and O–H groups in total. The Hall–Kier alpha value is -1.86. The molecule has 0 spiro atoms. The highest BCUT2D eigenvalue weighted by Crippen LogP contribution is 2.37. The Balaban J connectivity index is 2.24. The van der Waals surface area contributed by atoms with Crippen molar-refractivity contribution < 1.29 is 0 Å². The van der Waals surface area contributed by atoms with Gasteiger partial charge in [-0.1, -0.05) is 36.8 Å². The highest BCUT2D eigenvalue weighted by atomic mass is 35.5. The van der Waals surface area contributed by atoms with E-state index in [0.29, 0.717) is 22.4 Å². The summed E-state index contributed by atoms with van der Waals surface area (Å²) in [7, 11) is 1.76. The quantitative estimate of drug-likeness (QED) is 0.546. The highest BCUT2D eigenvalue weighted by Gasteiger charge is 2.23. The number of anilines is 1. The molecular weight excluding hydrogens is 394 g/mol. The second kappa shape index (κ2) is 8.25. The van der Waals surface area contributed by atoms with E-state index in [1.165, 1.54) is 11.3 Å². The Morgan fingerprint density at radius 2 is 1.86 bits per heavy atom. The van der Waals surface area contributed by atoms with Crippen molar-refractivity contribution in [2.75, 3.05) is 18.0 Å². The Bertz CT molecular complexity index is 1040. The minimum absolute atomic E-state index is 0.0474. The first-order chi connectivity index (χ1) is 13.4. The number of aromatic nitrogens is 4. The van der Waals surface area contributed by atoms with Gasteiger partial charge >= 0.3 is 0 Å². The fourth-order valence-electron chi connectivity index (χ4n) is 3.71. The van der Waals surface area contributed by atoms with Crippen LogP contribution >= 0.6 is 22.9 Å². The smallest absolute Gasteiger partial charge is 0.278 e. The van der Waals surface area contributed by atoms with Crippen LogP contribution in [0.1, 0.15) is 57.7 Å². The Morgan fingerprint density at radius 1 is 1.21 bits per heavy atom. The van der Waals surface area contributed by atoms with Crippen molar-refractivity contribution in [3.05, 3.63) is 32.8 Å². The number of hydrogen-bond acceptors (Lipinski definition) is 5. The molecule has 3 aromatic heterocycles. The molecule has 0 unspecified atom stereocenters. The summed E-state index contributed by atoms with van der Waals surface area (Å²) in [5.74, 6) is 0.901. The molecule has 28 heavy (non-hydrogen) atoms. The van der Waals surface area contributed by atoms with Crippen molar-refractivity contribution >= 4 is 33.6 Å². The lowest BCUT2D eigenvalue weighted by Crippen LogP contribution is -2.24. The lowest BCUT2D eigenvalue weighted by molar-refractivity contribution is 0.644. The fourth-order valence-corrected chi connectivity index (χ4v) is 5.14. The van der Waals surface area contributed by atoms with Crippen LogP contribution in [0.15, 0.2) is 10.9 Å². The van der Waals surface area contributed by atoms with Crippen molar-refractivity contribution in [1.82, 2.24) is 19.2 Å². The first-order valence-corrected chi connectivity index (χ1v) is 11.1. The molecule has 6 nitrogen and oxygen atoms in total. The molecule has 152 valence electrons. The molecule has 0 saturated carbocycles. The summed E-state index contributed by atoms with van der Waals surface area (Å²) in [6.07, 6.45) is 1.99. The number of fused-ring (bicyclic) bond motifs is 1. The Morgan fingerprint density at radius 3 is 2.43 bits per heavy atom. The number of nitrogens with zero attached hydrogens (tertiary/aromatic N) is 5. The van der Waals surface area contributed by atoms with Crippen LogP contribution < -0.4 is 10.5 Å². The van der Waals surface area contributed by atoms with E-state index in [0.717, 1.165) is 47.2 Å². The van der Waals surface area contributed by atoms with Gasteiger partial charge in [0.2, 0.25) is 0 Å². The summed E-state index contributed by atoms with van der Waals surface area (Å²) in [4.78, 5) is 20.7. The zero-order chi connectivity index (χ0) is 20.6. The van der Waals surface area contributed by atoms with Crippen LogP contribution in [0.25, 0.3) is 16.2 Å².